The van der Waals surface area contributed by atoms with Gasteiger partial charge in [-0.15, -0.1) is 0 Å². The molecule has 2 aliphatic rings. The predicted molar refractivity (Wildman–Crippen MR) is 96.2 cm³/mol. The third kappa shape index (κ3) is 4.63. The number of carboxylic acid groups (broad SMARTS) is 1. The number of likely N-dealkylation sites (tertiary alicyclic amines) is 1. The van der Waals surface area contributed by atoms with Crippen LogP contribution >= 0.6 is 0 Å². The highest BCUT2D eigenvalue weighted by Crippen LogP contribution is 2.33. The molecule has 0 radical (unpaired) electrons. The fourth-order valence-electron chi connectivity index (χ4n) is 4.05. The van der Waals surface area contributed by atoms with E-state index in [1.807, 2.05) is 0 Å². The monoisotopic (exact) mass is 376 g/mol. The first-order valence-electron chi connectivity index (χ1n) is 9.31. The van der Waals surface area contributed by atoms with Gasteiger partial charge in [-0.3, -0.25) is 19.7 Å². The molecule has 1 amide bonds. The molecule has 2 aliphatic heterocycles. The molecule has 2 fully saturated rings. The van der Waals surface area contributed by atoms with Crippen LogP contribution < -0.4 is 0 Å². The molecule has 1 aromatic carbocycles. The van der Waals surface area contributed by atoms with Crippen LogP contribution in [0.3, 0.4) is 0 Å². The van der Waals surface area contributed by atoms with E-state index < -0.39 is 16.8 Å². The molecule has 1 N–H and O–H groups in total. The lowest BCUT2D eigenvalue weighted by atomic mass is 9.84. The Labute approximate surface area is 157 Å². The number of rotatable bonds is 6. The number of hydrogen-bond donors (Lipinski definition) is 1. The molecule has 2 atom stereocenters. The van der Waals surface area contributed by atoms with E-state index in [4.69, 9.17) is 4.74 Å². The van der Waals surface area contributed by atoms with Gasteiger partial charge in [0.15, 0.2) is 0 Å². The van der Waals surface area contributed by atoms with Crippen LogP contribution in [-0.2, 0) is 20.7 Å². The van der Waals surface area contributed by atoms with Crippen LogP contribution in [0.1, 0.15) is 31.2 Å². The Morgan fingerprint density at radius 1 is 1.26 bits per heavy atom. The summed E-state index contributed by atoms with van der Waals surface area (Å²) in [6, 6.07) is 6.36. The Balaban J connectivity index is 1.48. The molecule has 0 saturated carbocycles. The number of carbonyl (C=O) groups is 2. The smallest absolute Gasteiger partial charge is 0.309 e. The van der Waals surface area contributed by atoms with Crippen molar-refractivity contribution in [2.75, 3.05) is 19.7 Å². The maximum Gasteiger partial charge on any atom is 0.309 e. The number of non-ortho nitro benzene ring substituents is 1. The number of hydrogen-bond acceptors (Lipinski definition) is 5. The number of aryl methyl sites for hydroxylation is 1. The number of nitro benzene ring substituents is 1. The Morgan fingerprint density at radius 2 is 2.00 bits per heavy atom. The minimum atomic E-state index is -0.798. The second-order valence-electron chi connectivity index (χ2n) is 7.21. The zero-order valence-corrected chi connectivity index (χ0v) is 15.1. The summed E-state index contributed by atoms with van der Waals surface area (Å²) in [5, 5.41) is 20.1. The minimum absolute atomic E-state index is 0.0297. The predicted octanol–water partition coefficient (Wildman–Crippen LogP) is 2.26. The van der Waals surface area contributed by atoms with Gasteiger partial charge in [0.25, 0.3) is 5.69 Å². The number of carboxylic acids is 1. The number of amides is 1. The first kappa shape index (κ1) is 19.3. The van der Waals surface area contributed by atoms with Crippen LogP contribution in [0, 0.1) is 22.0 Å². The van der Waals surface area contributed by atoms with Gasteiger partial charge >= 0.3 is 5.97 Å². The fourth-order valence-corrected chi connectivity index (χ4v) is 4.05. The summed E-state index contributed by atoms with van der Waals surface area (Å²) in [6.45, 7) is 1.69. The van der Waals surface area contributed by atoms with Crippen LogP contribution in [0.25, 0.3) is 0 Å². The summed E-state index contributed by atoms with van der Waals surface area (Å²) in [5.74, 6) is -1.03. The summed E-state index contributed by atoms with van der Waals surface area (Å²) in [4.78, 5) is 36.0. The van der Waals surface area contributed by atoms with E-state index in [0.717, 1.165) is 18.4 Å². The van der Waals surface area contributed by atoms with E-state index in [1.165, 1.54) is 12.1 Å². The van der Waals surface area contributed by atoms with Crippen molar-refractivity contribution in [2.24, 2.45) is 11.8 Å². The Hall–Kier alpha value is -2.48. The molecule has 1 unspecified atom stereocenters. The average molecular weight is 376 g/mol. The largest absolute Gasteiger partial charge is 0.481 e. The molecular weight excluding hydrogens is 352 g/mol. The van der Waals surface area contributed by atoms with Crippen LogP contribution in [0.4, 0.5) is 5.69 Å². The normalized spacial score (nSPS) is 23.3. The van der Waals surface area contributed by atoms with Crippen molar-refractivity contribution in [3.8, 4) is 0 Å². The number of aliphatic carboxylic acids is 1. The third-order valence-corrected chi connectivity index (χ3v) is 5.56. The van der Waals surface area contributed by atoms with Crippen molar-refractivity contribution in [2.45, 2.75) is 38.2 Å². The molecular formula is C19H24N2O6. The van der Waals surface area contributed by atoms with Gasteiger partial charge in [-0.05, 0) is 37.2 Å². The first-order valence-corrected chi connectivity index (χ1v) is 9.31. The van der Waals surface area contributed by atoms with Gasteiger partial charge in [-0.1, -0.05) is 12.1 Å². The molecule has 146 valence electrons. The van der Waals surface area contributed by atoms with Crippen molar-refractivity contribution < 1.29 is 24.4 Å². The summed E-state index contributed by atoms with van der Waals surface area (Å²) >= 11 is 0. The summed E-state index contributed by atoms with van der Waals surface area (Å²) in [7, 11) is 0. The molecule has 8 nitrogen and oxygen atoms in total. The molecule has 27 heavy (non-hydrogen) atoms. The highest BCUT2D eigenvalue weighted by Gasteiger charge is 2.40. The van der Waals surface area contributed by atoms with Crippen LogP contribution in [0.2, 0.25) is 0 Å². The second kappa shape index (κ2) is 8.47. The van der Waals surface area contributed by atoms with Crippen molar-refractivity contribution in [3.63, 3.8) is 0 Å². The topological polar surface area (TPSA) is 110 Å². The maximum atomic E-state index is 12.5. The van der Waals surface area contributed by atoms with E-state index >= 15 is 0 Å². The molecule has 0 spiro atoms. The van der Waals surface area contributed by atoms with Gasteiger partial charge in [0, 0.05) is 38.2 Å². The van der Waals surface area contributed by atoms with Gasteiger partial charge < -0.3 is 14.7 Å². The van der Waals surface area contributed by atoms with Gasteiger partial charge in [0.2, 0.25) is 5.91 Å². The average Bonchev–Trinajstić information content (AvgIpc) is 3.16. The van der Waals surface area contributed by atoms with Crippen LogP contribution in [-0.4, -0.2) is 52.6 Å². The van der Waals surface area contributed by atoms with Gasteiger partial charge in [-0.25, -0.2) is 0 Å². The number of nitrogens with zero attached hydrogens (tertiary/aromatic N) is 2. The lowest BCUT2D eigenvalue weighted by Crippen LogP contribution is -2.43. The standard InChI is InChI=1S/C19H24N2O6/c22-17(5-4-13-2-1-3-15(12-13)21(25)26)20-9-6-14(7-10-20)18-16(19(23)24)8-11-27-18/h1-3,12,14,16,18H,4-11H2,(H,23,24)/t16?,18-/m0/s1. The van der Waals surface area contributed by atoms with Gasteiger partial charge in [-0.2, -0.15) is 0 Å². The maximum absolute atomic E-state index is 12.5. The van der Waals surface area contributed by atoms with Crippen molar-refractivity contribution in [1.82, 2.24) is 4.90 Å². The minimum Gasteiger partial charge on any atom is -0.481 e. The zero-order chi connectivity index (χ0) is 19.4. The number of benzene rings is 1. The molecule has 0 aromatic heterocycles. The van der Waals surface area contributed by atoms with E-state index in [9.17, 15) is 24.8 Å². The van der Waals surface area contributed by atoms with E-state index in [1.54, 1.807) is 17.0 Å². The second-order valence-corrected chi connectivity index (χ2v) is 7.21. The lowest BCUT2D eigenvalue weighted by molar-refractivity contribution is -0.384. The van der Waals surface area contributed by atoms with Crippen LogP contribution in [0.5, 0.6) is 0 Å². The third-order valence-electron chi connectivity index (χ3n) is 5.56. The van der Waals surface area contributed by atoms with E-state index in [2.05, 4.69) is 0 Å². The number of nitro groups is 1. The Kier molecular flexibility index (Phi) is 6.05. The SMILES string of the molecule is O=C(O)C1CCO[C@H]1C1CCN(C(=O)CCc2cccc([N+](=O)[O-])c2)CC1. The molecule has 3 rings (SSSR count). The highest BCUT2D eigenvalue weighted by atomic mass is 16.6. The van der Waals surface area contributed by atoms with Gasteiger partial charge in [0.05, 0.1) is 16.9 Å². The number of ether oxygens (including phenoxy) is 1. The fraction of sp³-hybridized carbons (Fsp3) is 0.579. The van der Waals surface area contributed by atoms with Crippen molar-refractivity contribution in [1.29, 1.82) is 0 Å². The van der Waals surface area contributed by atoms with E-state index in [0.29, 0.717) is 39.0 Å². The molecule has 0 bridgehead atoms. The summed E-state index contributed by atoms with van der Waals surface area (Å²) < 4.78 is 5.66. The molecule has 8 heteroatoms. The Bertz CT molecular complexity index is 714. The molecule has 0 aliphatic carbocycles. The lowest BCUT2D eigenvalue weighted by Gasteiger charge is -2.35. The van der Waals surface area contributed by atoms with Gasteiger partial charge in [0.1, 0.15) is 0 Å². The summed E-state index contributed by atoms with van der Waals surface area (Å²) in [5.41, 5.74) is 0.807. The Morgan fingerprint density at radius 3 is 2.67 bits per heavy atom. The zero-order valence-electron chi connectivity index (χ0n) is 15.1. The number of piperidine rings is 1. The molecule has 2 saturated heterocycles. The van der Waals surface area contributed by atoms with E-state index in [-0.39, 0.29) is 23.6 Å². The molecule has 1 aromatic rings. The number of carbonyl (C=O) groups excluding carboxylic acids is 1. The van der Waals surface area contributed by atoms with Crippen molar-refractivity contribution in [3.05, 3.63) is 39.9 Å². The molecule has 2 heterocycles. The van der Waals surface area contributed by atoms with Crippen LogP contribution in [0.15, 0.2) is 24.3 Å². The van der Waals surface area contributed by atoms with Crippen molar-refractivity contribution >= 4 is 17.6 Å². The first-order chi connectivity index (χ1) is 13.0. The summed E-state index contributed by atoms with van der Waals surface area (Å²) in [6.07, 6.45) is 2.58. The highest BCUT2D eigenvalue weighted by molar-refractivity contribution is 5.76. The quantitative estimate of drug-likeness (QED) is 0.602.